The molecule has 0 unspecified atom stereocenters. The molecule has 2 N–H and O–H groups in total. The van der Waals surface area contributed by atoms with Crippen molar-refractivity contribution in [1.29, 1.82) is 5.26 Å². The summed E-state index contributed by atoms with van der Waals surface area (Å²) in [5.74, 6) is 0. The van der Waals surface area contributed by atoms with Crippen LogP contribution in [-0.2, 0) is 4.74 Å². The quantitative estimate of drug-likeness (QED) is 0.755. The molecular weight excluding hydrogens is 286 g/mol. The second kappa shape index (κ2) is 5.63. The second-order valence-electron chi connectivity index (χ2n) is 4.46. The molecule has 0 spiro atoms. The van der Waals surface area contributed by atoms with E-state index in [1.54, 1.807) is 13.0 Å². The molecule has 1 aromatic heterocycles. The number of nitrogens with zero attached hydrogens (tertiary/aromatic N) is 2. The number of ether oxygens (including phenoxy) is 1. The highest BCUT2D eigenvalue weighted by molar-refractivity contribution is 6.31. The minimum atomic E-state index is -0.888. The van der Waals surface area contributed by atoms with Crippen LogP contribution in [0.5, 0.6) is 0 Å². The molecule has 0 radical (unpaired) electrons. The van der Waals surface area contributed by atoms with Gasteiger partial charge in [0.25, 0.3) is 5.56 Å². The first-order valence-electron chi connectivity index (χ1n) is 5.85. The number of nitriles is 1. The van der Waals surface area contributed by atoms with Crippen molar-refractivity contribution in [2.75, 3.05) is 0 Å². The Bertz CT molecular complexity index is 700. The van der Waals surface area contributed by atoms with Gasteiger partial charge in [0.15, 0.2) is 0 Å². The van der Waals surface area contributed by atoms with Gasteiger partial charge in [0.2, 0.25) is 0 Å². The van der Waals surface area contributed by atoms with Crippen LogP contribution < -0.4 is 11.2 Å². The van der Waals surface area contributed by atoms with Crippen molar-refractivity contribution >= 4 is 11.6 Å². The minimum absolute atomic E-state index is 0.0975. The number of H-pyrrole nitrogens is 1. The van der Waals surface area contributed by atoms with Crippen LogP contribution in [0.1, 0.15) is 18.2 Å². The Morgan fingerprint density at radius 1 is 1.70 bits per heavy atom. The Labute approximate surface area is 118 Å². The average molecular weight is 298 g/mol. The van der Waals surface area contributed by atoms with Gasteiger partial charge in [-0.2, -0.15) is 5.26 Å². The Balaban J connectivity index is 2.30. The van der Waals surface area contributed by atoms with Crippen LogP contribution in [0, 0.1) is 18.3 Å². The summed E-state index contributed by atoms with van der Waals surface area (Å²) in [6.45, 7) is 1.56. The van der Waals surface area contributed by atoms with Crippen LogP contribution in [-0.4, -0.2) is 26.9 Å². The number of aliphatic hydroxyl groups excluding tert-OH is 1. The van der Waals surface area contributed by atoms with Crippen molar-refractivity contribution in [3.05, 3.63) is 43.7 Å². The third-order valence-electron chi connectivity index (χ3n) is 3.01. The number of hydrogen-bond donors (Lipinski definition) is 2. The van der Waals surface area contributed by atoms with Gasteiger partial charge < -0.3 is 9.84 Å². The molecular formula is C12H12ClN3O4. The Kier molecular flexibility index (Phi) is 4.09. The van der Waals surface area contributed by atoms with Crippen LogP contribution in [0.3, 0.4) is 0 Å². The Morgan fingerprint density at radius 2 is 2.40 bits per heavy atom. The van der Waals surface area contributed by atoms with E-state index in [-0.39, 0.29) is 11.5 Å². The van der Waals surface area contributed by atoms with Crippen LogP contribution >= 0.6 is 11.6 Å². The zero-order valence-electron chi connectivity index (χ0n) is 10.5. The summed E-state index contributed by atoms with van der Waals surface area (Å²) in [6, 6.07) is 1.71. The molecule has 1 aromatic rings. The molecule has 0 aromatic carbocycles. The lowest BCUT2D eigenvalue weighted by molar-refractivity contribution is 0.00465. The van der Waals surface area contributed by atoms with Crippen molar-refractivity contribution in [2.24, 2.45) is 0 Å². The van der Waals surface area contributed by atoms with Crippen molar-refractivity contribution in [2.45, 2.75) is 31.8 Å². The highest BCUT2D eigenvalue weighted by Gasteiger charge is 2.34. The predicted octanol–water partition coefficient (Wildman–Crippen LogP) is 0.140. The van der Waals surface area contributed by atoms with Crippen molar-refractivity contribution in [3.8, 4) is 6.07 Å². The summed E-state index contributed by atoms with van der Waals surface area (Å²) in [5.41, 5.74) is -0.723. The fraction of sp³-hybridized carbons (Fsp3) is 0.417. The lowest BCUT2D eigenvalue weighted by Crippen LogP contribution is -2.33. The maximum absolute atomic E-state index is 11.7. The van der Waals surface area contributed by atoms with E-state index >= 15 is 0 Å². The summed E-state index contributed by atoms with van der Waals surface area (Å²) >= 11 is 5.57. The van der Waals surface area contributed by atoms with Gasteiger partial charge in [-0.3, -0.25) is 14.3 Å². The molecule has 7 nitrogen and oxygen atoms in total. The molecule has 3 atom stereocenters. The molecule has 20 heavy (non-hydrogen) atoms. The SMILES string of the molecule is Cc1cn([C@H]2C[C@H](O)[C@@H](C=C(Cl)C#N)O2)c(=O)[nH]c1=O. The first-order chi connectivity index (χ1) is 9.42. The van der Waals surface area contributed by atoms with Gasteiger partial charge in [-0.25, -0.2) is 4.79 Å². The van der Waals surface area contributed by atoms with Crippen molar-refractivity contribution in [3.63, 3.8) is 0 Å². The van der Waals surface area contributed by atoms with Gasteiger partial charge in [0.05, 0.1) is 6.10 Å². The number of allylic oxidation sites excluding steroid dienone is 1. The molecule has 1 saturated heterocycles. The highest BCUT2D eigenvalue weighted by Crippen LogP contribution is 2.29. The van der Waals surface area contributed by atoms with Gasteiger partial charge in [-0.1, -0.05) is 11.6 Å². The van der Waals surface area contributed by atoms with Gasteiger partial charge in [0.1, 0.15) is 23.4 Å². The largest absolute Gasteiger partial charge is 0.390 e. The van der Waals surface area contributed by atoms with Crippen LogP contribution in [0.4, 0.5) is 0 Å². The Morgan fingerprint density at radius 3 is 3.05 bits per heavy atom. The van der Waals surface area contributed by atoms with E-state index in [2.05, 4.69) is 4.98 Å². The zero-order chi connectivity index (χ0) is 14.9. The molecule has 0 bridgehead atoms. The minimum Gasteiger partial charge on any atom is -0.390 e. The topological polar surface area (TPSA) is 108 Å². The molecule has 2 rings (SSSR count). The maximum atomic E-state index is 11.7. The smallest absolute Gasteiger partial charge is 0.330 e. The summed E-state index contributed by atoms with van der Waals surface area (Å²) in [4.78, 5) is 25.2. The molecule has 1 aliphatic rings. The Hall–Kier alpha value is -1.88. The number of aromatic amines is 1. The number of aryl methyl sites for hydroxylation is 1. The van der Waals surface area contributed by atoms with Crippen LogP contribution in [0.25, 0.3) is 0 Å². The molecule has 1 aliphatic heterocycles. The van der Waals surface area contributed by atoms with Crippen LogP contribution in [0.2, 0.25) is 0 Å². The molecule has 0 amide bonds. The summed E-state index contributed by atoms with van der Waals surface area (Å²) in [7, 11) is 0. The number of aliphatic hydroxyl groups is 1. The molecule has 2 heterocycles. The number of rotatable bonds is 2. The van der Waals surface area contributed by atoms with E-state index in [4.69, 9.17) is 21.6 Å². The second-order valence-corrected chi connectivity index (χ2v) is 4.87. The lowest BCUT2D eigenvalue weighted by Gasteiger charge is -2.14. The fourth-order valence-electron chi connectivity index (χ4n) is 1.98. The van der Waals surface area contributed by atoms with E-state index in [0.717, 1.165) is 0 Å². The van der Waals surface area contributed by atoms with E-state index in [9.17, 15) is 14.7 Å². The van der Waals surface area contributed by atoms with E-state index in [1.165, 1.54) is 16.8 Å². The summed E-state index contributed by atoms with van der Waals surface area (Å²) in [6.07, 6.45) is 0.430. The summed E-state index contributed by atoms with van der Waals surface area (Å²) < 4.78 is 6.69. The van der Waals surface area contributed by atoms with E-state index < -0.39 is 29.7 Å². The molecule has 0 saturated carbocycles. The zero-order valence-corrected chi connectivity index (χ0v) is 11.3. The predicted molar refractivity (Wildman–Crippen MR) is 70.1 cm³/mol. The lowest BCUT2D eigenvalue weighted by atomic mass is 10.1. The van der Waals surface area contributed by atoms with Gasteiger partial charge in [-0.15, -0.1) is 0 Å². The van der Waals surface area contributed by atoms with E-state index in [0.29, 0.717) is 5.56 Å². The van der Waals surface area contributed by atoms with Crippen LogP contribution in [0.15, 0.2) is 26.9 Å². The average Bonchev–Trinajstić information content (AvgIpc) is 2.75. The van der Waals surface area contributed by atoms with Crippen molar-refractivity contribution in [1.82, 2.24) is 9.55 Å². The third kappa shape index (κ3) is 2.82. The number of hydrogen-bond acceptors (Lipinski definition) is 5. The number of aromatic nitrogens is 2. The van der Waals surface area contributed by atoms with Crippen molar-refractivity contribution < 1.29 is 9.84 Å². The highest BCUT2D eigenvalue weighted by atomic mass is 35.5. The molecule has 8 heteroatoms. The van der Waals surface area contributed by atoms with E-state index in [1.807, 2.05) is 0 Å². The standard InChI is InChI=1S/C12H12ClN3O4/c1-6-5-16(12(19)15-11(6)18)10-3-8(17)9(20-10)2-7(13)4-14/h2,5,8-10,17H,3H2,1H3,(H,15,18,19)/t8-,9+,10+/m0/s1. The van der Waals surface area contributed by atoms with Gasteiger partial charge in [-0.05, 0) is 13.0 Å². The molecule has 0 aliphatic carbocycles. The fourth-order valence-corrected chi connectivity index (χ4v) is 2.10. The first-order valence-corrected chi connectivity index (χ1v) is 6.23. The first kappa shape index (κ1) is 14.5. The third-order valence-corrected chi connectivity index (χ3v) is 3.22. The summed E-state index contributed by atoms with van der Waals surface area (Å²) in [5, 5.41) is 18.4. The normalized spacial score (nSPS) is 26.5. The monoisotopic (exact) mass is 297 g/mol. The number of halogens is 1. The van der Waals surface area contributed by atoms with Gasteiger partial charge >= 0.3 is 5.69 Å². The van der Waals surface area contributed by atoms with Gasteiger partial charge in [0, 0.05) is 18.2 Å². The molecule has 1 fully saturated rings. The molecule has 106 valence electrons. The maximum Gasteiger partial charge on any atom is 0.330 e. The number of nitrogens with one attached hydrogen (secondary N) is 1.